The number of benzene rings is 1. The third kappa shape index (κ3) is 6.13. The average molecular weight is 672 g/mol. The van der Waals surface area contributed by atoms with Crippen LogP contribution in [0.3, 0.4) is 0 Å². The van der Waals surface area contributed by atoms with Gasteiger partial charge in [-0.15, -0.1) is 0 Å². The fraction of sp³-hybridized carbons (Fsp3) is 0.486. The summed E-state index contributed by atoms with van der Waals surface area (Å²) in [5.74, 6) is -0.165. The number of guanidine groups is 1. The lowest BCUT2D eigenvalue weighted by Gasteiger charge is -2.45. The van der Waals surface area contributed by atoms with Crippen molar-refractivity contribution in [3.63, 3.8) is 0 Å². The van der Waals surface area contributed by atoms with Crippen molar-refractivity contribution >= 4 is 35.1 Å². The van der Waals surface area contributed by atoms with Gasteiger partial charge in [-0.3, -0.25) is 14.4 Å². The number of nitrogens with zero attached hydrogens (tertiary/aromatic N) is 7. The number of hydrogen-bond acceptors (Lipinski definition) is 8. The maximum absolute atomic E-state index is 15.1. The smallest absolute Gasteiger partial charge is 0.407 e. The highest BCUT2D eigenvalue weighted by atomic mass is 35.5. The summed E-state index contributed by atoms with van der Waals surface area (Å²) in [5.41, 5.74) is 7.92. The van der Waals surface area contributed by atoms with Crippen molar-refractivity contribution in [1.29, 1.82) is 0 Å². The number of allylic oxidation sites excluding steroid dienone is 3. The summed E-state index contributed by atoms with van der Waals surface area (Å²) in [6, 6.07) is 5.17. The van der Waals surface area contributed by atoms with Crippen LogP contribution in [0.25, 0.3) is 11.3 Å². The molecular formula is C35H42ClN9O3. The molecule has 0 bridgehead atoms. The monoisotopic (exact) mass is 671 g/mol. The average Bonchev–Trinajstić information content (AvgIpc) is 3.92. The minimum Gasteiger partial charge on any atom is -0.447 e. The zero-order chi connectivity index (χ0) is 33.8. The normalized spacial score (nSPS) is 24.8. The zero-order valence-corrected chi connectivity index (χ0v) is 28.5. The molecule has 3 aromatic rings. The number of amides is 2. The molecular weight excluding hydrogens is 630 g/mol. The van der Waals surface area contributed by atoms with Crippen LogP contribution in [0, 0.1) is 10.8 Å². The summed E-state index contributed by atoms with van der Waals surface area (Å²) < 4.78 is 9.34. The van der Waals surface area contributed by atoms with Gasteiger partial charge in [0.2, 0.25) is 0 Å². The molecule has 252 valence electrons. The van der Waals surface area contributed by atoms with Gasteiger partial charge in [0, 0.05) is 23.2 Å². The van der Waals surface area contributed by atoms with Crippen LogP contribution in [-0.2, 0) is 9.53 Å². The fourth-order valence-corrected chi connectivity index (χ4v) is 7.00. The highest BCUT2D eigenvalue weighted by molar-refractivity contribution is 6.32. The van der Waals surface area contributed by atoms with Crippen LogP contribution in [0.4, 0.5) is 4.79 Å². The second-order valence-corrected chi connectivity index (χ2v) is 15.3. The predicted octanol–water partition coefficient (Wildman–Crippen LogP) is 5.76. The van der Waals surface area contributed by atoms with Crippen molar-refractivity contribution < 1.29 is 14.3 Å². The van der Waals surface area contributed by atoms with Gasteiger partial charge in [-0.25, -0.2) is 19.5 Å². The van der Waals surface area contributed by atoms with Gasteiger partial charge in [-0.1, -0.05) is 63.6 Å². The van der Waals surface area contributed by atoms with E-state index >= 15 is 4.79 Å². The van der Waals surface area contributed by atoms with E-state index in [1.165, 1.54) is 11.2 Å². The number of carbonyl (C=O) groups excluding carboxylic acids is 2. The van der Waals surface area contributed by atoms with Crippen molar-refractivity contribution in [2.45, 2.75) is 89.9 Å². The molecule has 13 heteroatoms. The molecule has 2 fully saturated rings. The van der Waals surface area contributed by atoms with Crippen molar-refractivity contribution in [3.05, 3.63) is 77.6 Å². The van der Waals surface area contributed by atoms with Crippen LogP contribution in [-0.4, -0.2) is 65.6 Å². The van der Waals surface area contributed by atoms with Crippen LogP contribution in [0.2, 0.25) is 5.02 Å². The summed E-state index contributed by atoms with van der Waals surface area (Å²) in [6.07, 6.45) is 18.0. The molecule has 0 radical (unpaired) electrons. The maximum atomic E-state index is 15.1. The number of carbonyl (C=O) groups is 2. The van der Waals surface area contributed by atoms with Crippen molar-refractivity contribution in [3.8, 4) is 5.69 Å². The SMILES string of the molecule is CC(C)(C)C[C@]1(C2(C)C=CC(c3cnn(C4CC4)c3)=CC2)N=C(N)N([C@H](COC(=O)NC2CC2)c2ccc(Cl)c(-n3cncn3)c2)C1=O. The number of alkyl carbamates (subject to hydrolysis) is 1. The van der Waals surface area contributed by atoms with Gasteiger partial charge in [0.15, 0.2) is 11.5 Å². The Morgan fingerprint density at radius 2 is 2.00 bits per heavy atom. The van der Waals surface area contributed by atoms with Crippen molar-refractivity contribution in [2.24, 2.45) is 21.6 Å². The Kier molecular flexibility index (Phi) is 7.97. The first-order chi connectivity index (χ1) is 22.9. The van der Waals surface area contributed by atoms with Crippen LogP contribution in [0.15, 0.2) is 66.5 Å². The molecule has 2 aromatic heterocycles. The standard InChI is InChI=1S/C35H42ClN9O3/c1-33(2,3)19-35(34(4)13-11-22(12-14-34)24-16-39-43(17-24)26-8-9-26)30(46)45(31(37)42-35)29(18-48-32(47)41-25-6-7-25)23-5-10-27(36)28(15-23)44-21-38-20-40-44/h5,10-13,15-17,20-21,25-26,29H,6-9,14,18-19H2,1-4H3,(H2,37,42)(H,41,47)/t29-,34?,35+/m1/s1. The molecule has 2 amide bonds. The summed E-state index contributed by atoms with van der Waals surface area (Å²) in [6.45, 7) is 8.24. The lowest BCUT2D eigenvalue weighted by molar-refractivity contribution is -0.138. The number of nitrogens with two attached hydrogens (primary N) is 1. The predicted molar refractivity (Wildman–Crippen MR) is 182 cm³/mol. The van der Waals surface area contributed by atoms with Gasteiger partial charge >= 0.3 is 6.09 Å². The Morgan fingerprint density at radius 3 is 2.65 bits per heavy atom. The maximum Gasteiger partial charge on any atom is 0.407 e. The zero-order valence-electron chi connectivity index (χ0n) is 27.8. The van der Waals surface area contributed by atoms with Gasteiger partial charge in [0.1, 0.15) is 19.3 Å². The van der Waals surface area contributed by atoms with Crippen LogP contribution in [0.5, 0.6) is 0 Å². The van der Waals surface area contributed by atoms with Crippen molar-refractivity contribution in [1.82, 2.24) is 34.8 Å². The fourth-order valence-electron chi connectivity index (χ4n) is 6.79. The van der Waals surface area contributed by atoms with Crippen LogP contribution in [0.1, 0.15) is 89.4 Å². The lowest BCUT2D eigenvalue weighted by atomic mass is 9.61. The minimum absolute atomic E-state index is 0.0767. The van der Waals surface area contributed by atoms with E-state index in [0.717, 1.165) is 36.8 Å². The molecule has 3 atom stereocenters. The van der Waals surface area contributed by atoms with Gasteiger partial charge < -0.3 is 15.8 Å². The molecule has 48 heavy (non-hydrogen) atoms. The molecule has 3 heterocycles. The quantitative estimate of drug-likeness (QED) is 0.279. The van der Waals surface area contributed by atoms with Gasteiger partial charge in [0.25, 0.3) is 5.91 Å². The summed E-state index contributed by atoms with van der Waals surface area (Å²) in [5, 5.41) is 12.1. The molecule has 1 aromatic carbocycles. The van der Waals surface area contributed by atoms with Gasteiger partial charge in [-0.2, -0.15) is 10.2 Å². The molecule has 1 aliphatic heterocycles. The number of aromatic nitrogens is 5. The molecule has 0 spiro atoms. The van der Waals surface area contributed by atoms with Crippen LogP contribution >= 0.6 is 11.6 Å². The topological polar surface area (TPSA) is 146 Å². The first-order valence-corrected chi connectivity index (χ1v) is 16.9. The Balaban J connectivity index is 1.24. The van der Waals surface area contributed by atoms with E-state index in [4.69, 9.17) is 27.1 Å². The van der Waals surface area contributed by atoms with E-state index < -0.39 is 23.1 Å². The Labute approximate surface area is 285 Å². The largest absolute Gasteiger partial charge is 0.447 e. The first-order valence-electron chi connectivity index (χ1n) is 16.6. The second kappa shape index (κ2) is 11.9. The summed E-state index contributed by atoms with van der Waals surface area (Å²) in [4.78, 5) is 38.5. The van der Waals surface area contributed by atoms with Gasteiger partial charge in [-0.05, 0) is 67.2 Å². The first kappa shape index (κ1) is 32.1. The highest BCUT2D eigenvalue weighted by Gasteiger charge is 2.60. The van der Waals surface area contributed by atoms with E-state index in [1.807, 2.05) is 16.9 Å². The van der Waals surface area contributed by atoms with E-state index in [-0.39, 0.29) is 29.9 Å². The second-order valence-electron chi connectivity index (χ2n) is 14.9. The van der Waals surface area contributed by atoms with E-state index in [2.05, 4.69) is 72.6 Å². The lowest BCUT2D eigenvalue weighted by Crippen LogP contribution is -2.55. The van der Waals surface area contributed by atoms with Gasteiger partial charge in [0.05, 0.1) is 29.0 Å². The summed E-state index contributed by atoms with van der Waals surface area (Å²) in [7, 11) is 0. The third-order valence-electron chi connectivity index (χ3n) is 9.69. The Bertz CT molecular complexity index is 1820. The molecule has 7 rings (SSSR count). The van der Waals surface area contributed by atoms with E-state index in [1.54, 1.807) is 23.1 Å². The third-order valence-corrected chi connectivity index (χ3v) is 10.0. The molecule has 12 nitrogen and oxygen atoms in total. The van der Waals surface area contributed by atoms with Crippen LogP contribution < -0.4 is 11.1 Å². The number of aliphatic imine (C=N–C) groups is 1. The number of hydrogen-bond donors (Lipinski definition) is 2. The van der Waals surface area contributed by atoms with E-state index in [0.29, 0.717) is 35.2 Å². The van der Waals surface area contributed by atoms with E-state index in [9.17, 15) is 4.79 Å². The molecule has 3 N–H and O–H groups in total. The molecule has 2 saturated carbocycles. The molecule has 3 aliphatic carbocycles. The number of ether oxygens (including phenoxy) is 1. The Hall–Kier alpha value is -4.45. The summed E-state index contributed by atoms with van der Waals surface area (Å²) >= 11 is 6.58. The number of nitrogens with one attached hydrogen (secondary N) is 1. The Morgan fingerprint density at radius 1 is 1.21 bits per heavy atom. The van der Waals surface area contributed by atoms with Crippen molar-refractivity contribution in [2.75, 3.05) is 6.61 Å². The molecule has 1 unspecified atom stereocenters. The molecule has 4 aliphatic rings. The molecule has 0 saturated heterocycles. The highest BCUT2D eigenvalue weighted by Crippen LogP contribution is 2.53. The minimum atomic E-state index is -1.22. The number of halogens is 1. The number of rotatable bonds is 10.